The lowest BCUT2D eigenvalue weighted by Crippen LogP contribution is -2.44. The molecule has 0 aliphatic heterocycles. The van der Waals surface area contributed by atoms with Gasteiger partial charge in [-0.2, -0.15) is 0 Å². The molecule has 1 aliphatic carbocycles. The zero-order valence-electron chi connectivity index (χ0n) is 12.3. The van der Waals surface area contributed by atoms with Gasteiger partial charge in [-0.3, -0.25) is 0 Å². The third-order valence-electron chi connectivity index (χ3n) is 4.04. The summed E-state index contributed by atoms with van der Waals surface area (Å²) in [5, 5.41) is 14.2. The van der Waals surface area contributed by atoms with E-state index in [2.05, 4.69) is 12.2 Å². The van der Waals surface area contributed by atoms with Crippen LogP contribution < -0.4 is 10.1 Å². The number of aliphatic hydroxyl groups excluding tert-OH is 1. The van der Waals surface area contributed by atoms with E-state index in [1.54, 1.807) is 0 Å². The molecule has 112 valence electrons. The van der Waals surface area contributed by atoms with Crippen LogP contribution in [0.1, 0.15) is 38.2 Å². The number of benzene rings is 1. The fraction of sp³-hybridized carbons (Fsp3) is 0.625. The summed E-state index contributed by atoms with van der Waals surface area (Å²) >= 11 is 5.97. The Labute approximate surface area is 126 Å². The van der Waals surface area contributed by atoms with Gasteiger partial charge in [0.05, 0.1) is 0 Å². The minimum absolute atomic E-state index is 0.192. The Kier molecular flexibility index (Phi) is 5.30. The highest BCUT2D eigenvalue weighted by Gasteiger charge is 2.28. The summed E-state index contributed by atoms with van der Waals surface area (Å²) in [6, 6.07) is 5.53. The highest BCUT2D eigenvalue weighted by Crippen LogP contribution is 2.28. The van der Waals surface area contributed by atoms with Crippen LogP contribution in [0.2, 0.25) is 5.02 Å². The van der Waals surface area contributed by atoms with Crippen LogP contribution in [0.25, 0.3) is 0 Å². The molecule has 0 bridgehead atoms. The second-order valence-electron chi connectivity index (χ2n) is 6.02. The van der Waals surface area contributed by atoms with Crippen molar-refractivity contribution in [2.24, 2.45) is 0 Å². The Balaban J connectivity index is 1.74. The van der Waals surface area contributed by atoms with Crippen molar-refractivity contribution in [3.05, 3.63) is 28.8 Å². The number of aliphatic hydroxyl groups is 1. The molecule has 1 aromatic rings. The molecule has 4 heteroatoms. The number of nitrogens with one attached hydrogen (secondary N) is 1. The van der Waals surface area contributed by atoms with E-state index in [0.29, 0.717) is 13.2 Å². The average molecular weight is 298 g/mol. The summed E-state index contributed by atoms with van der Waals surface area (Å²) in [5.41, 5.74) is 1.17. The first kappa shape index (κ1) is 15.6. The van der Waals surface area contributed by atoms with Crippen molar-refractivity contribution in [3.8, 4) is 5.75 Å². The number of halogens is 1. The summed E-state index contributed by atoms with van der Waals surface area (Å²) in [5.74, 6) is 0.748. The summed E-state index contributed by atoms with van der Waals surface area (Å²) in [7, 11) is 0. The Morgan fingerprint density at radius 3 is 2.75 bits per heavy atom. The molecule has 0 aromatic heterocycles. The molecule has 1 aromatic carbocycles. The molecule has 0 spiro atoms. The zero-order chi connectivity index (χ0) is 14.6. The Morgan fingerprint density at radius 1 is 1.40 bits per heavy atom. The third kappa shape index (κ3) is 4.37. The van der Waals surface area contributed by atoms with Crippen molar-refractivity contribution in [2.75, 3.05) is 13.2 Å². The van der Waals surface area contributed by atoms with E-state index in [1.807, 2.05) is 25.1 Å². The lowest BCUT2D eigenvalue weighted by Gasteiger charge is -2.27. The molecule has 2 rings (SSSR count). The number of β-amino-alcohol motifs (C(OH)–C–C–N with tert-alkyl or cyclic N) is 1. The highest BCUT2D eigenvalue weighted by atomic mass is 35.5. The highest BCUT2D eigenvalue weighted by molar-refractivity contribution is 6.31. The minimum Gasteiger partial charge on any atom is -0.491 e. The Bertz CT molecular complexity index is 444. The first-order valence-electron chi connectivity index (χ1n) is 7.31. The molecule has 1 unspecified atom stereocenters. The van der Waals surface area contributed by atoms with Gasteiger partial charge in [0, 0.05) is 17.1 Å². The monoisotopic (exact) mass is 297 g/mol. The van der Waals surface area contributed by atoms with Gasteiger partial charge in [0.15, 0.2) is 0 Å². The Hall–Kier alpha value is -0.770. The number of hydrogen-bond acceptors (Lipinski definition) is 3. The van der Waals surface area contributed by atoms with Crippen LogP contribution in [-0.4, -0.2) is 29.9 Å². The van der Waals surface area contributed by atoms with Crippen molar-refractivity contribution in [1.82, 2.24) is 5.32 Å². The number of hydrogen-bond donors (Lipinski definition) is 2. The first-order chi connectivity index (χ1) is 9.48. The largest absolute Gasteiger partial charge is 0.491 e. The molecule has 3 nitrogen and oxygen atoms in total. The van der Waals surface area contributed by atoms with Crippen molar-refractivity contribution in [3.63, 3.8) is 0 Å². The summed E-state index contributed by atoms with van der Waals surface area (Å²) in [6.07, 6.45) is 4.44. The van der Waals surface area contributed by atoms with Gasteiger partial charge in [-0.1, -0.05) is 24.4 Å². The van der Waals surface area contributed by atoms with Gasteiger partial charge in [0.1, 0.15) is 18.5 Å². The van der Waals surface area contributed by atoms with E-state index in [4.69, 9.17) is 16.3 Å². The lowest BCUT2D eigenvalue weighted by molar-refractivity contribution is 0.0979. The topological polar surface area (TPSA) is 41.5 Å². The van der Waals surface area contributed by atoms with Crippen molar-refractivity contribution in [1.29, 1.82) is 0 Å². The smallest absolute Gasteiger partial charge is 0.119 e. The van der Waals surface area contributed by atoms with Crippen molar-refractivity contribution < 1.29 is 9.84 Å². The normalized spacial score (nSPS) is 19.0. The molecule has 0 radical (unpaired) electrons. The molecule has 2 N–H and O–H groups in total. The molecule has 1 atom stereocenters. The third-order valence-corrected chi connectivity index (χ3v) is 4.47. The number of aryl methyl sites for hydroxylation is 1. The first-order valence-corrected chi connectivity index (χ1v) is 7.68. The predicted molar refractivity (Wildman–Crippen MR) is 82.6 cm³/mol. The molecular formula is C16H24ClNO2. The summed E-state index contributed by atoms with van der Waals surface area (Å²) in [4.78, 5) is 0. The SMILES string of the molecule is Cc1cc(OCC(O)CNC2(C)CCCC2)ccc1Cl. The quantitative estimate of drug-likeness (QED) is 0.846. The predicted octanol–water partition coefficient (Wildman–Crippen LogP) is 3.31. The van der Waals surface area contributed by atoms with Gasteiger partial charge in [-0.05, 0) is 50.5 Å². The average Bonchev–Trinajstić information content (AvgIpc) is 2.85. The van der Waals surface area contributed by atoms with Crippen LogP contribution in [0.4, 0.5) is 0 Å². The maximum absolute atomic E-state index is 10.00. The minimum atomic E-state index is -0.497. The second kappa shape index (κ2) is 6.79. The van der Waals surface area contributed by atoms with Crippen LogP contribution >= 0.6 is 11.6 Å². The van der Waals surface area contributed by atoms with E-state index in [0.717, 1.165) is 16.3 Å². The lowest BCUT2D eigenvalue weighted by atomic mass is 10.0. The summed E-state index contributed by atoms with van der Waals surface area (Å²) in [6.45, 7) is 5.04. The van der Waals surface area contributed by atoms with Gasteiger partial charge in [-0.15, -0.1) is 0 Å². The zero-order valence-corrected chi connectivity index (χ0v) is 13.0. The fourth-order valence-electron chi connectivity index (χ4n) is 2.65. The van der Waals surface area contributed by atoms with Crippen LogP contribution in [0.15, 0.2) is 18.2 Å². The van der Waals surface area contributed by atoms with Crippen LogP contribution in [0, 0.1) is 6.92 Å². The van der Waals surface area contributed by atoms with E-state index in [1.165, 1.54) is 25.7 Å². The molecule has 0 amide bonds. The van der Waals surface area contributed by atoms with Gasteiger partial charge in [-0.25, -0.2) is 0 Å². The number of rotatable bonds is 6. The molecule has 1 saturated carbocycles. The molecule has 1 fully saturated rings. The molecule has 0 heterocycles. The maximum Gasteiger partial charge on any atom is 0.119 e. The molecule has 1 aliphatic rings. The van der Waals surface area contributed by atoms with E-state index < -0.39 is 6.10 Å². The van der Waals surface area contributed by atoms with Crippen LogP contribution in [0.3, 0.4) is 0 Å². The van der Waals surface area contributed by atoms with Crippen molar-refractivity contribution in [2.45, 2.75) is 51.2 Å². The maximum atomic E-state index is 10.00. The van der Waals surface area contributed by atoms with Crippen LogP contribution in [-0.2, 0) is 0 Å². The Morgan fingerprint density at radius 2 is 2.10 bits per heavy atom. The molecular weight excluding hydrogens is 274 g/mol. The standard InChI is InChI=1S/C16H24ClNO2/c1-12-9-14(5-6-15(12)17)20-11-13(19)10-18-16(2)7-3-4-8-16/h5-6,9,13,18-19H,3-4,7-8,10-11H2,1-2H3. The van der Waals surface area contributed by atoms with Gasteiger partial charge in [0.25, 0.3) is 0 Å². The van der Waals surface area contributed by atoms with Crippen molar-refractivity contribution >= 4 is 11.6 Å². The van der Waals surface area contributed by atoms with E-state index in [-0.39, 0.29) is 5.54 Å². The fourth-order valence-corrected chi connectivity index (χ4v) is 2.77. The number of ether oxygens (including phenoxy) is 1. The van der Waals surface area contributed by atoms with Gasteiger partial charge >= 0.3 is 0 Å². The van der Waals surface area contributed by atoms with Crippen LogP contribution in [0.5, 0.6) is 5.75 Å². The molecule has 20 heavy (non-hydrogen) atoms. The van der Waals surface area contributed by atoms with Gasteiger partial charge in [0.2, 0.25) is 0 Å². The van der Waals surface area contributed by atoms with E-state index in [9.17, 15) is 5.11 Å². The second-order valence-corrected chi connectivity index (χ2v) is 6.43. The van der Waals surface area contributed by atoms with E-state index >= 15 is 0 Å². The van der Waals surface area contributed by atoms with Gasteiger partial charge < -0.3 is 15.2 Å². The summed E-state index contributed by atoms with van der Waals surface area (Å²) < 4.78 is 5.60. The molecule has 0 saturated heterocycles.